The molecule has 5 heterocycles. The lowest BCUT2D eigenvalue weighted by Gasteiger charge is -2.10. The molecule has 0 aliphatic carbocycles. The summed E-state index contributed by atoms with van der Waals surface area (Å²) < 4.78 is 185. The first-order chi connectivity index (χ1) is 33.6. The Balaban J connectivity index is 1.20. The molecule has 0 saturated carbocycles. The first kappa shape index (κ1) is 48.4. The number of hydrogen-bond acceptors (Lipinski definition) is 19. The van der Waals surface area contributed by atoms with Gasteiger partial charge < -0.3 is 9.97 Å². The van der Waals surface area contributed by atoms with Crippen molar-refractivity contribution in [1.82, 2.24) is 39.9 Å². The minimum absolute atomic E-state index is 0.0198. The molecule has 3 aromatic heterocycles. The predicted octanol–water partition coefficient (Wildman–Crippen LogP) is 3.40. The molecule has 0 fully saturated rings. The highest BCUT2D eigenvalue weighted by molar-refractivity contribution is 7.93. The predicted molar refractivity (Wildman–Crippen MR) is 254 cm³/mol. The lowest BCUT2D eigenvalue weighted by atomic mass is 10.1. The molecule has 0 saturated heterocycles. The van der Waals surface area contributed by atoms with E-state index < -0.39 is 82.7 Å². The van der Waals surface area contributed by atoms with E-state index in [-0.39, 0.29) is 110 Å². The smallest absolute Gasteiger partial charge is 0.324 e. The minimum Gasteiger partial charge on any atom is -0.324 e. The molecule has 0 unspecified atom stereocenters. The number of aromatic amines is 2. The normalized spacial score (nSPS) is 13.3. The zero-order valence-corrected chi connectivity index (χ0v) is 40.4. The maximum atomic E-state index is 14.0. The summed E-state index contributed by atoms with van der Waals surface area (Å²) in [6.07, 6.45) is 0. The first-order valence-electron chi connectivity index (χ1n) is 20.0. The monoisotopic (exact) mass is 1100 g/mol. The molecule has 2 aliphatic rings. The number of primary sulfonamides is 1. The van der Waals surface area contributed by atoms with Crippen molar-refractivity contribution >= 4 is 110 Å². The Hall–Kier alpha value is -7.24. The van der Waals surface area contributed by atoms with Gasteiger partial charge in [0.15, 0.2) is 33.1 Å². The molecule has 0 atom stereocenters. The van der Waals surface area contributed by atoms with Crippen LogP contribution in [0.1, 0.15) is 0 Å². The van der Waals surface area contributed by atoms with Gasteiger partial charge in [-0.1, -0.05) is 0 Å². The van der Waals surface area contributed by atoms with Gasteiger partial charge >= 0.3 is 10.4 Å². The van der Waals surface area contributed by atoms with Crippen LogP contribution in [0.25, 0.3) is 89.7 Å². The van der Waals surface area contributed by atoms with Crippen LogP contribution in [0.15, 0.2) is 122 Å². The molecule has 32 heteroatoms. The third kappa shape index (κ3) is 9.15. The van der Waals surface area contributed by atoms with Crippen molar-refractivity contribution in [2.75, 3.05) is 17.1 Å². The fourth-order valence-corrected chi connectivity index (χ4v) is 11.8. The Kier molecular flexibility index (Phi) is 11.2. The summed E-state index contributed by atoms with van der Waals surface area (Å²) in [6, 6.07) is 18.8. The van der Waals surface area contributed by atoms with Crippen LogP contribution in [0.5, 0.6) is 0 Å². The summed E-state index contributed by atoms with van der Waals surface area (Å²) in [5.74, 6) is -1.43. The second-order valence-corrected chi connectivity index (χ2v) is 24.9. The van der Waals surface area contributed by atoms with Crippen molar-refractivity contribution in [3.05, 3.63) is 97.1 Å². The summed E-state index contributed by atoms with van der Waals surface area (Å²) in [5, 5.41) is 6.11. The van der Waals surface area contributed by atoms with Crippen molar-refractivity contribution in [2.45, 2.75) is 24.5 Å². The standard InChI is InChI=1S/C40H28N10O16S6/c41-68(53,54)21-5-9-25-29(15-21)37-42-33(25)44-38-30-16-22(69(55,56)50-19-1-3-20(4-2-19)67(51,52)14-13-66-72(63,64)65)6-10-26(30)34(45-38)46-39-32-18-24(71(60,61)62)8-12-28(32)36(48-39)49-40-31-17-23(70(57,58)59)7-11-27(31)35(43-37)47-40/h1-12,15-18,50H,13-14H2,(H2,41,53,54)(H,57,58,59)(H,60,61,62)(H,63,64,65)(H2,42,43,44,45,46,47,48,49). The van der Waals surface area contributed by atoms with E-state index in [0.717, 1.165) is 48.5 Å². The lowest BCUT2D eigenvalue weighted by Crippen LogP contribution is -2.16. The second-order valence-electron chi connectivity index (χ2n) is 15.6. The van der Waals surface area contributed by atoms with Crippen LogP contribution in [0.2, 0.25) is 0 Å². The average Bonchev–Trinajstić information content (AvgIpc) is 4.02. The Bertz CT molecular complexity index is 4570. The van der Waals surface area contributed by atoms with Gasteiger partial charge in [0.1, 0.15) is 22.6 Å². The summed E-state index contributed by atoms with van der Waals surface area (Å²) in [6.45, 7) is -0.892. The van der Waals surface area contributed by atoms with Crippen LogP contribution in [-0.2, 0) is 64.7 Å². The van der Waals surface area contributed by atoms with Crippen LogP contribution in [0.4, 0.5) is 5.69 Å². The zero-order valence-electron chi connectivity index (χ0n) is 35.5. The quantitative estimate of drug-likeness (QED) is 0.0912. The zero-order chi connectivity index (χ0) is 51.5. The molecule has 10 rings (SSSR count). The van der Waals surface area contributed by atoms with Crippen LogP contribution in [-0.4, -0.2) is 116 Å². The van der Waals surface area contributed by atoms with Crippen molar-refractivity contribution in [1.29, 1.82) is 0 Å². The highest BCUT2D eigenvalue weighted by Gasteiger charge is 2.27. The molecule has 370 valence electrons. The largest absolute Gasteiger partial charge is 0.397 e. The number of anilines is 1. The van der Waals surface area contributed by atoms with Crippen molar-refractivity contribution in [3.63, 3.8) is 0 Å². The highest BCUT2D eigenvalue weighted by atomic mass is 32.3. The van der Waals surface area contributed by atoms with Crippen molar-refractivity contribution in [2.24, 2.45) is 5.14 Å². The number of rotatable bonds is 11. The van der Waals surface area contributed by atoms with Gasteiger partial charge in [-0.2, -0.15) is 25.3 Å². The number of nitrogens with one attached hydrogen (secondary N) is 3. The van der Waals surface area contributed by atoms with E-state index in [0.29, 0.717) is 0 Å². The molecule has 0 spiro atoms. The lowest BCUT2D eigenvalue weighted by molar-refractivity contribution is 0.284. The number of fused-ring (bicyclic) bond motifs is 20. The molecule has 5 aromatic carbocycles. The maximum Gasteiger partial charge on any atom is 0.397 e. The summed E-state index contributed by atoms with van der Waals surface area (Å²) in [7, 11) is -27.5. The van der Waals surface area contributed by atoms with Crippen molar-refractivity contribution in [3.8, 4) is 45.6 Å². The molecule has 0 radical (unpaired) electrons. The number of sulfone groups is 1. The number of sulfonamides is 2. The Morgan fingerprint density at radius 3 is 1.35 bits per heavy atom. The van der Waals surface area contributed by atoms with E-state index in [1.54, 1.807) is 0 Å². The van der Waals surface area contributed by atoms with Gasteiger partial charge in [0.2, 0.25) is 10.0 Å². The number of hydrogen-bond donors (Lipinski definition) is 7. The molecular weight excluding hydrogens is 1070 g/mol. The summed E-state index contributed by atoms with van der Waals surface area (Å²) in [4.78, 5) is 32.0. The topological polar surface area (TPSA) is 422 Å². The number of nitrogens with two attached hydrogens (primary N) is 1. The number of aromatic nitrogens is 8. The molecule has 8 bridgehead atoms. The van der Waals surface area contributed by atoms with Crippen LogP contribution < -0.4 is 9.86 Å². The van der Waals surface area contributed by atoms with Gasteiger partial charge in [-0.25, -0.2) is 64.5 Å². The summed E-state index contributed by atoms with van der Waals surface area (Å²) >= 11 is 0. The molecule has 0 amide bonds. The van der Waals surface area contributed by atoms with Crippen LogP contribution >= 0.6 is 0 Å². The highest BCUT2D eigenvalue weighted by Crippen LogP contribution is 2.39. The van der Waals surface area contributed by atoms with Gasteiger partial charge in [0.25, 0.3) is 30.3 Å². The van der Waals surface area contributed by atoms with E-state index in [1.807, 2.05) is 0 Å². The van der Waals surface area contributed by atoms with Gasteiger partial charge in [0, 0.05) is 49.5 Å². The van der Waals surface area contributed by atoms with Gasteiger partial charge in [-0.05, 0) is 97.1 Å². The van der Waals surface area contributed by atoms with E-state index >= 15 is 0 Å². The van der Waals surface area contributed by atoms with Crippen molar-refractivity contribution < 1.29 is 68.3 Å². The van der Waals surface area contributed by atoms with E-state index in [1.165, 1.54) is 48.5 Å². The molecule has 72 heavy (non-hydrogen) atoms. The number of nitrogens with zero attached hydrogens (tertiary/aromatic N) is 6. The third-order valence-corrected chi connectivity index (χ3v) is 17.1. The van der Waals surface area contributed by atoms with Gasteiger partial charge in [0.05, 0.1) is 36.8 Å². The second kappa shape index (κ2) is 16.7. The summed E-state index contributed by atoms with van der Waals surface area (Å²) in [5.41, 5.74) is 0.130. The fraction of sp³-hybridized carbons (Fsp3) is 0.0500. The Morgan fingerprint density at radius 2 is 0.861 bits per heavy atom. The molecule has 2 aliphatic heterocycles. The first-order valence-corrected chi connectivity index (χ1v) is 28.9. The molecule has 26 nitrogen and oxygen atoms in total. The van der Waals surface area contributed by atoms with Gasteiger partial charge in [-0.15, -0.1) is 0 Å². The Labute approximate surface area is 405 Å². The van der Waals surface area contributed by atoms with E-state index in [9.17, 15) is 59.6 Å². The molecule has 8 N–H and O–H groups in total. The average molecular weight is 1100 g/mol. The SMILES string of the molecule is NS(=O)(=O)c1ccc2c3nc4nc(nc5[nH]c(nc6nc(nc([nH]3)c2c1)-c1ccc(S(=O)(=O)O)cc1-6)c1ccc(S(=O)(=O)O)cc51)-c1ccc(S(=O)(=O)Nc2ccc(S(=O)(=O)CCOS(=O)(=O)O)cc2)cc1-4. The number of benzene rings is 5. The third-order valence-electron chi connectivity index (χ3n) is 11.0. The Morgan fingerprint density at radius 1 is 0.458 bits per heavy atom. The minimum atomic E-state index is -4.91. The molecular formula is C40H28N10O16S6. The van der Waals surface area contributed by atoms with E-state index in [2.05, 4.69) is 33.8 Å². The van der Waals surface area contributed by atoms with Crippen LogP contribution in [0.3, 0.4) is 0 Å². The van der Waals surface area contributed by atoms with E-state index in [4.69, 9.17) is 24.6 Å². The molecule has 8 aromatic rings. The van der Waals surface area contributed by atoms with Gasteiger partial charge in [-0.3, -0.25) is 18.4 Å². The maximum absolute atomic E-state index is 14.0. The van der Waals surface area contributed by atoms with Crippen LogP contribution in [0, 0.1) is 0 Å². The number of H-pyrrole nitrogens is 2. The fourth-order valence-electron chi connectivity index (χ4n) is 7.69.